The van der Waals surface area contributed by atoms with Crippen LogP contribution in [0.5, 0.6) is 0 Å². The van der Waals surface area contributed by atoms with E-state index in [1.54, 1.807) is 48.5 Å². The lowest BCUT2D eigenvalue weighted by atomic mass is 10.0. The largest absolute Gasteiger partial charge is 0.399 e. The normalized spacial score (nSPS) is 10.1. The molecule has 2 nitrogen and oxygen atoms in total. The van der Waals surface area contributed by atoms with Gasteiger partial charge in [-0.15, -0.1) is 0 Å². The molecule has 0 spiro atoms. The molecule has 3 heteroatoms. The summed E-state index contributed by atoms with van der Waals surface area (Å²) in [4.78, 5) is 12.0. The summed E-state index contributed by atoms with van der Waals surface area (Å²) in [7, 11) is 0. The SMILES string of the molecule is Nc1ccc(C(=O)c2ccc(Cl)cc2)cc1. The minimum absolute atomic E-state index is 0.0309. The number of rotatable bonds is 2. The number of nitrogens with two attached hydrogens (primary N) is 1. The van der Waals surface area contributed by atoms with Gasteiger partial charge in [-0.2, -0.15) is 0 Å². The number of hydrogen-bond acceptors (Lipinski definition) is 2. The average Bonchev–Trinajstić information content (AvgIpc) is 2.30. The Balaban J connectivity index is 2.32. The van der Waals surface area contributed by atoms with Gasteiger partial charge in [-0.3, -0.25) is 4.79 Å². The van der Waals surface area contributed by atoms with Crippen LogP contribution >= 0.6 is 11.6 Å². The molecule has 0 saturated carbocycles. The molecule has 2 aromatic carbocycles. The van der Waals surface area contributed by atoms with Crippen molar-refractivity contribution in [2.24, 2.45) is 0 Å². The molecule has 2 N–H and O–H groups in total. The third-order valence-corrected chi connectivity index (χ3v) is 2.53. The summed E-state index contributed by atoms with van der Waals surface area (Å²) in [6.07, 6.45) is 0. The van der Waals surface area contributed by atoms with Gasteiger partial charge in [0.05, 0.1) is 0 Å². The fourth-order valence-corrected chi connectivity index (χ4v) is 1.53. The van der Waals surface area contributed by atoms with E-state index in [2.05, 4.69) is 0 Å². The molecule has 0 saturated heterocycles. The molecule has 0 fully saturated rings. The standard InChI is InChI=1S/C13H10ClNO/c14-11-5-1-9(2-6-11)13(16)10-3-7-12(15)8-4-10/h1-8H,15H2. The summed E-state index contributed by atoms with van der Waals surface area (Å²) in [5.41, 5.74) is 7.44. The number of carbonyl (C=O) groups excluding carboxylic acids is 1. The molecular formula is C13H10ClNO. The second-order valence-electron chi connectivity index (χ2n) is 3.46. The molecule has 0 aromatic heterocycles. The van der Waals surface area contributed by atoms with Crippen LogP contribution in [0.15, 0.2) is 48.5 Å². The van der Waals surface area contributed by atoms with Crippen molar-refractivity contribution < 1.29 is 4.79 Å². The maximum atomic E-state index is 12.0. The van der Waals surface area contributed by atoms with Crippen molar-refractivity contribution in [2.75, 3.05) is 5.73 Å². The molecular weight excluding hydrogens is 222 g/mol. The topological polar surface area (TPSA) is 43.1 Å². The van der Waals surface area contributed by atoms with Gasteiger partial charge in [-0.25, -0.2) is 0 Å². The highest BCUT2D eigenvalue weighted by atomic mass is 35.5. The fourth-order valence-electron chi connectivity index (χ4n) is 1.40. The predicted molar refractivity (Wildman–Crippen MR) is 65.7 cm³/mol. The molecule has 0 aliphatic heterocycles. The van der Waals surface area contributed by atoms with Gasteiger partial charge >= 0.3 is 0 Å². The van der Waals surface area contributed by atoms with Crippen LogP contribution < -0.4 is 5.73 Å². The lowest BCUT2D eigenvalue weighted by molar-refractivity contribution is 0.103. The van der Waals surface area contributed by atoms with E-state index in [0.29, 0.717) is 21.8 Å². The highest BCUT2D eigenvalue weighted by molar-refractivity contribution is 6.30. The maximum absolute atomic E-state index is 12.0. The lowest BCUT2D eigenvalue weighted by Gasteiger charge is -2.01. The highest BCUT2D eigenvalue weighted by Gasteiger charge is 2.07. The lowest BCUT2D eigenvalue weighted by Crippen LogP contribution is -2.00. The zero-order chi connectivity index (χ0) is 11.5. The summed E-state index contributed by atoms with van der Waals surface area (Å²) < 4.78 is 0. The number of ketones is 1. The summed E-state index contributed by atoms with van der Waals surface area (Å²) in [6, 6.07) is 13.7. The van der Waals surface area contributed by atoms with Crippen molar-refractivity contribution in [1.82, 2.24) is 0 Å². The Morgan fingerprint density at radius 1 is 0.875 bits per heavy atom. The first-order valence-electron chi connectivity index (χ1n) is 4.82. The Hall–Kier alpha value is -1.80. The van der Waals surface area contributed by atoms with E-state index in [0.717, 1.165) is 0 Å². The second-order valence-corrected chi connectivity index (χ2v) is 3.89. The number of hydrogen-bond donors (Lipinski definition) is 1. The van der Waals surface area contributed by atoms with Crippen LogP contribution in [0.3, 0.4) is 0 Å². The van der Waals surface area contributed by atoms with Gasteiger partial charge in [0, 0.05) is 21.8 Å². The van der Waals surface area contributed by atoms with Crippen LogP contribution in [0.25, 0.3) is 0 Å². The van der Waals surface area contributed by atoms with Crippen molar-refractivity contribution in [1.29, 1.82) is 0 Å². The number of halogens is 1. The summed E-state index contributed by atoms with van der Waals surface area (Å²) in [6.45, 7) is 0. The van der Waals surface area contributed by atoms with E-state index in [-0.39, 0.29) is 5.78 Å². The predicted octanol–water partition coefficient (Wildman–Crippen LogP) is 3.15. The van der Waals surface area contributed by atoms with Crippen molar-refractivity contribution in [3.05, 3.63) is 64.7 Å². The third-order valence-electron chi connectivity index (χ3n) is 2.28. The minimum Gasteiger partial charge on any atom is -0.399 e. The fraction of sp³-hybridized carbons (Fsp3) is 0. The van der Waals surface area contributed by atoms with E-state index >= 15 is 0 Å². The first-order valence-corrected chi connectivity index (χ1v) is 5.20. The monoisotopic (exact) mass is 231 g/mol. The molecule has 0 heterocycles. The maximum Gasteiger partial charge on any atom is 0.193 e. The molecule has 0 unspecified atom stereocenters. The van der Waals surface area contributed by atoms with Crippen LogP contribution in [-0.4, -0.2) is 5.78 Å². The van der Waals surface area contributed by atoms with Crippen molar-refractivity contribution in [3.8, 4) is 0 Å². The van der Waals surface area contributed by atoms with Crippen molar-refractivity contribution >= 4 is 23.1 Å². The summed E-state index contributed by atoms with van der Waals surface area (Å²) in [5, 5.41) is 0.619. The number of nitrogen functional groups attached to an aromatic ring is 1. The second kappa shape index (κ2) is 4.37. The summed E-state index contributed by atoms with van der Waals surface area (Å²) in [5.74, 6) is -0.0309. The van der Waals surface area contributed by atoms with Crippen LogP contribution in [0.1, 0.15) is 15.9 Å². The van der Waals surface area contributed by atoms with Crippen LogP contribution in [0.4, 0.5) is 5.69 Å². The van der Waals surface area contributed by atoms with Gasteiger partial charge in [0.1, 0.15) is 0 Å². The molecule has 0 aliphatic rings. The van der Waals surface area contributed by atoms with Gasteiger partial charge in [-0.1, -0.05) is 11.6 Å². The Labute approximate surface area is 98.7 Å². The zero-order valence-corrected chi connectivity index (χ0v) is 9.24. The molecule has 2 aromatic rings. The molecule has 0 amide bonds. The highest BCUT2D eigenvalue weighted by Crippen LogP contribution is 2.14. The van der Waals surface area contributed by atoms with E-state index in [1.807, 2.05) is 0 Å². The van der Waals surface area contributed by atoms with E-state index in [4.69, 9.17) is 17.3 Å². The smallest absolute Gasteiger partial charge is 0.193 e. The molecule has 16 heavy (non-hydrogen) atoms. The minimum atomic E-state index is -0.0309. The van der Waals surface area contributed by atoms with Gasteiger partial charge in [0.2, 0.25) is 0 Å². The molecule has 80 valence electrons. The molecule has 2 rings (SSSR count). The average molecular weight is 232 g/mol. The van der Waals surface area contributed by atoms with Crippen molar-refractivity contribution in [2.45, 2.75) is 0 Å². The van der Waals surface area contributed by atoms with Gasteiger partial charge in [0.15, 0.2) is 5.78 Å². The van der Waals surface area contributed by atoms with Crippen molar-refractivity contribution in [3.63, 3.8) is 0 Å². The Bertz CT molecular complexity index is 455. The molecule has 0 aliphatic carbocycles. The molecule has 0 radical (unpaired) electrons. The Morgan fingerprint density at radius 2 is 1.31 bits per heavy atom. The van der Waals surface area contributed by atoms with Gasteiger partial charge < -0.3 is 5.73 Å². The van der Waals surface area contributed by atoms with E-state index in [1.165, 1.54) is 0 Å². The Kier molecular flexibility index (Phi) is 2.93. The van der Waals surface area contributed by atoms with Crippen LogP contribution in [0, 0.1) is 0 Å². The first kappa shape index (κ1) is 10.7. The zero-order valence-electron chi connectivity index (χ0n) is 8.48. The van der Waals surface area contributed by atoms with Gasteiger partial charge in [0.25, 0.3) is 0 Å². The Morgan fingerprint density at radius 3 is 1.81 bits per heavy atom. The van der Waals surface area contributed by atoms with Crippen LogP contribution in [-0.2, 0) is 0 Å². The number of benzene rings is 2. The van der Waals surface area contributed by atoms with Crippen LogP contribution in [0.2, 0.25) is 5.02 Å². The first-order chi connectivity index (χ1) is 7.66. The van der Waals surface area contributed by atoms with E-state index in [9.17, 15) is 4.79 Å². The van der Waals surface area contributed by atoms with Gasteiger partial charge in [-0.05, 0) is 48.5 Å². The molecule has 0 atom stereocenters. The summed E-state index contributed by atoms with van der Waals surface area (Å²) >= 11 is 5.76. The molecule has 0 bridgehead atoms. The quantitative estimate of drug-likeness (QED) is 0.637. The number of anilines is 1. The van der Waals surface area contributed by atoms with E-state index < -0.39 is 0 Å². The third kappa shape index (κ3) is 2.23. The number of carbonyl (C=O) groups is 1.